The molecule has 0 fully saturated rings. The number of fused-ring (bicyclic) bond motifs is 2. The van der Waals surface area contributed by atoms with Gasteiger partial charge >= 0.3 is 0 Å². The number of nitrogens with zero attached hydrogens (tertiary/aromatic N) is 2. The average Bonchev–Trinajstić information content (AvgIpc) is 3.07. The molecule has 6 heteroatoms. The number of carbonyl (C=O) groups excluding carboxylic acids is 2. The minimum atomic E-state index is -0.501. The number of amides is 2. The first-order valence-electron chi connectivity index (χ1n) is 9.10. The fraction of sp³-hybridized carbons (Fsp3) is 0.136. The maximum Gasteiger partial charge on any atom is 0.250 e. The molecule has 6 nitrogen and oxygen atoms in total. The summed E-state index contributed by atoms with van der Waals surface area (Å²) in [4.78, 5) is 28.5. The zero-order chi connectivity index (χ0) is 19.5. The predicted molar refractivity (Wildman–Crippen MR) is 109 cm³/mol. The van der Waals surface area contributed by atoms with Gasteiger partial charge in [-0.25, -0.2) is 0 Å². The van der Waals surface area contributed by atoms with Gasteiger partial charge in [0.15, 0.2) is 0 Å². The summed E-state index contributed by atoms with van der Waals surface area (Å²) in [5, 5.41) is 4.79. The van der Waals surface area contributed by atoms with Crippen molar-refractivity contribution in [2.24, 2.45) is 5.73 Å². The van der Waals surface area contributed by atoms with Crippen LogP contribution in [-0.2, 0) is 17.8 Å². The summed E-state index contributed by atoms with van der Waals surface area (Å²) in [5.74, 6) is -0.621. The number of para-hydroxylation sites is 2. The second-order valence-electron chi connectivity index (χ2n) is 6.64. The Kier molecular flexibility index (Phi) is 4.76. The zero-order valence-corrected chi connectivity index (χ0v) is 15.3. The summed E-state index contributed by atoms with van der Waals surface area (Å²) in [6.07, 6.45) is 4.11. The van der Waals surface area contributed by atoms with Gasteiger partial charge < -0.3 is 15.6 Å². The summed E-state index contributed by atoms with van der Waals surface area (Å²) < 4.78 is 1.75. The molecule has 0 unspecified atom stereocenters. The van der Waals surface area contributed by atoms with Crippen molar-refractivity contribution < 1.29 is 9.59 Å². The van der Waals surface area contributed by atoms with Crippen molar-refractivity contribution in [3.8, 4) is 0 Å². The van der Waals surface area contributed by atoms with Crippen LogP contribution < -0.4 is 11.1 Å². The molecule has 0 saturated heterocycles. The van der Waals surface area contributed by atoms with Gasteiger partial charge in [-0.1, -0.05) is 42.5 Å². The normalized spacial score (nSPS) is 11.0. The summed E-state index contributed by atoms with van der Waals surface area (Å²) in [5.41, 5.74) is 8.74. The second kappa shape index (κ2) is 7.52. The van der Waals surface area contributed by atoms with Crippen molar-refractivity contribution in [1.82, 2.24) is 14.9 Å². The van der Waals surface area contributed by atoms with E-state index in [1.165, 1.54) is 0 Å². The van der Waals surface area contributed by atoms with Gasteiger partial charge in [-0.05, 0) is 24.1 Å². The number of nitrogens with two attached hydrogens (primary N) is 1. The second-order valence-corrected chi connectivity index (χ2v) is 6.64. The molecule has 0 radical (unpaired) electrons. The van der Waals surface area contributed by atoms with E-state index in [0.29, 0.717) is 18.5 Å². The summed E-state index contributed by atoms with van der Waals surface area (Å²) in [6, 6.07) is 17.4. The lowest BCUT2D eigenvalue weighted by atomic mass is 10.1. The van der Waals surface area contributed by atoms with Crippen LogP contribution in [0.3, 0.4) is 0 Å². The fourth-order valence-electron chi connectivity index (χ4n) is 3.49. The number of aromatic nitrogens is 2. The molecule has 2 amide bonds. The lowest BCUT2D eigenvalue weighted by Crippen LogP contribution is -2.29. The average molecular weight is 372 g/mol. The maximum absolute atomic E-state index is 12.4. The first-order chi connectivity index (χ1) is 13.6. The lowest BCUT2D eigenvalue weighted by Gasteiger charge is -2.09. The number of rotatable bonds is 6. The molecule has 4 aromatic rings. The van der Waals surface area contributed by atoms with E-state index >= 15 is 0 Å². The molecule has 0 aliphatic heterocycles. The highest BCUT2D eigenvalue weighted by molar-refractivity contribution is 6.06. The Morgan fingerprint density at radius 1 is 1.04 bits per heavy atom. The largest absolute Gasteiger partial charge is 0.366 e. The zero-order valence-electron chi connectivity index (χ0n) is 15.3. The van der Waals surface area contributed by atoms with E-state index in [1.807, 2.05) is 54.6 Å². The molecule has 0 spiro atoms. The van der Waals surface area contributed by atoms with Crippen LogP contribution in [-0.4, -0.2) is 27.9 Å². The van der Waals surface area contributed by atoms with E-state index in [9.17, 15) is 9.59 Å². The van der Waals surface area contributed by atoms with Crippen LogP contribution in [0.25, 0.3) is 21.8 Å². The molecular weight excluding hydrogens is 352 g/mol. The molecule has 0 atom stereocenters. The Bertz CT molecular complexity index is 1170. The number of carbonyl (C=O) groups is 2. The smallest absolute Gasteiger partial charge is 0.250 e. The number of hydrogen-bond acceptors (Lipinski definition) is 3. The molecule has 2 aromatic carbocycles. The van der Waals surface area contributed by atoms with Gasteiger partial charge in [-0.15, -0.1) is 0 Å². The fourth-order valence-corrected chi connectivity index (χ4v) is 3.49. The Morgan fingerprint density at radius 3 is 2.71 bits per heavy atom. The van der Waals surface area contributed by atoms with E-state index in [0.717, 1.165) is 27.4 Å². The Hall–Kier alpha value is -3.67. The van der Waals surface area contributed by atoms with E-state index in [4.69, 9.17) is 5.73 Å². The van der Waals surface area contributed by atoms with Crippen LogP contribution >= 0.6 is 0 Å². The highest BCUT2D eigenvalue weighted by Gasteiger charge is 2.14. The number of primary amides is 1. The molecule has 140 valence electrons. The Balaban J connectivity index is 1.44. The van der Waals surface area contributed by atoms with Crippen LogP contribution in [0.5, 0.6) is 0 Å². The van der Waals surface area contributed by atoms with Crippen molar-refractivity contribution in [3.05, 3.63) is 78.1 Å². The summed E-state index contributed by atoms with van der Waals surface area (Å²) in [6.45, 7) is 0.637. The van der Waals surface area contributed by atoms with Crippen LogP contribution in [0, 0.1) is 0 Å². The molecular formula is C22H20N4O2. The molecule has 2 heterocycles. The molecule has 0 bridgehead atoms. The molecule has 0 aliphatic carbocycles. The van der Waals surface area contributed by atoms with E-state index in [2.05, 4.69) is 10.3 Å². The molecule has 2 aromatic heterocycles. The number of hydrogen-bond donors (Lipinski definition) is 2. The Labute approximate surface area is 162 Å². The summed E-state index contributed by atoms with van der Waals surface area (Å²) >= 11 is 0. The van der Waals surface area contributed by atoms with Gasteiger partial charge in [0, 0.05) is 35.2 Å². The first kappa shape index (κ1) is 17.7. The van der Waals surface area contributed by atoms with Gasteiger partial charge in [0.05, 0.1) is 11.1 Å². The number of benzene rings is 2. The summed E-state index contributed by atoms with van der Waals surface area (Å²) in [7, 11) is 0. The third-order valence-corrected chi connectivity index (χ3v) is 4.80. The monoisotopic (exact) mass is 372 g/mol. The SMILES string of the molecule is NC(=O)c1cn(CC(=O)NCCc2cccc3cccnc23)c2ccccc12. The van der Waals surface area contributed by atoms with Crippen molar-refractivity contribution >= 4 is 33.6 Å². The third kappa shape index (κ3) is 3.44. The van der Waals surface area contributed by atoms with Crippen molar-refractivity contribution in [2.75, 3.05) is 6.54 Å². The highest BCUT2D eigenvalue weighted by Crippen LogP contribution is 2.21. The predicted octanol–water partition coefficient (Wildman–Crippen LogP) is 2.65. The molecule has 4 rings (SSSR count). The van der Waals surface area contributed by atoms with Gasteiger partial charge in [-0.3, -0.25) is 14.6 Å². The van der Waals surface area contributed by atoms with Gasteiger partial charge in [0.2, 0.25) is 5.91 Å². The van der Waals surface area contributed by atoms with Crippen LogP contribution in [0.4, 0.5) is 0 Å². The highest BCUT2D eigenvalue weighted by atomic mass is 16.2. The molecule has 3 N–H and O–H groups in total. The quantitative estimate of drug-likeness (QED) is 0.545. The molecule has 0 saturated carbocycles. The minimum Gasteiger partial charge on any atom is -0.366 e. The standard InChI is InChI=1S/C22H20N4O2/c23-22(28)18-13-26(19-9-2-1-8-17(18)19)14-20(27)24-12-10-16-6-3-5-15-7-4-11-25-21(15)16/h1-9,11,13H,10,12,14H2,(H2,23,28)(H,24,27). The van der Waals surface area contributed by atoms with Gasteiger partial charge in [0.1, 0.15) is 6.54 Å². The van der Waals surface area contributed by atoms with Crippen LogP contribution in [0.2, 0.25) is 0 Å². The van der Waals surface area contributed by atoms with Crippen molar-refractivity contribution in [3.63, 3.8) is 0 Å². The molecule has 0 aliphatic rings. The van der Waals surface area contributed by atoms with Crippen LogP contribution in [0.1, 0.15) is 15.9 Å². The Morgan fingerprint density at radius 2 is 1.86 bits per heavy atom. The maximum atomic E-state index is 12.4. The lowest BCUT2D eigenvalue weighted by molar-refractivity contribution is -0.121. The number of pyridine rings is 1. The minimum absolute atomic E-state index is 0.120. The topological polar surface area (TPSA) is 90.0 Å². The number of nitrogens with one attached hydrogen (secondary N) is 1. The van der Waals surface area contributed by atoms with Gasteiger partial charge in [0.25, 0.3) is 5.91 Å². The van der Waals surface area contributed by atoms with Crippen molar-refractivity contribution in [1.29, 1.82) is 0 Å². The van der Waals surface area contributed by atoms with Crippen molar-refractivity contribution in [2.45, 2.75) is 13.0 Å². The van der Waals surface area contributed by atoms with E-state index < -0.39 is 5.91 Å². The van der Waals surface area contributed by atoms with Crippen LogP contribution in [0.15, 0.2) is 67.0 Å². The van der Waals surface area contributed by atoms with Gasteiger partial charge in [-0.2, -0.15) is 0 Å². The van der Waals surface area contributed by atoms with E-state index in [1.54, 1.807) is 17.0 Å². The first-order valence-corrected chi connectivity index (χ1v) is 9.10. The molecule has 28 heavy (non-hydrogen) atoms. The van der Waals surface area contributed by atoms with E-state index in [-0.39, 0.29) is 12.5 Å². The third-order valence-electron chi connectivity index (χ3n) is 4.80.